The van der Waals surface area contributed by atoms with E-state index in [0.29, 0.717) is 30.9 Å². The van der Waals surface area contributed by atoms with Crippen LogP contribution >= 0.6 is 0 Å². The van der Waals surface area contributed by atoms with E-state index in [1.807, 2.05) is 44.2 Å². The largest absolute Gasteiger partial charge is 0.383 e. The standard InChI is InChI=1S/C19H24N4O3/c1-14(2)11-22-17-16(21(13-20-17)9-10-26-3)18(24)23(19(22)25)12-15-7-5-4-6-8-15/h4-8,13-14H,9-12H2,1-3H3. The molecular formula is C19H24N4O3. The van der Waals surface area contributed by atoms with E-state index in [-0.39, 0.29) is 23.7 Å². The number of imidazole rings is 1. The maximum Gasteiger partial charge on any atom is 0.333 e. The summed E-state index contributed by atoms with van der Waals surface area (Å²) in [6.45, 7) is 5.79. The molecule has 0 saturated heterocycles. The average Bonchev–Trinajstić information content (AvgIpc) is 3.05. The first kappa shape index (κ1) is 18.1. The van der Waals surface area contributed by atoms with Crippen LogP contribution in [0.3, 0.4) is 0 Å². The summed E-state index contributed by atoms with van der Waals surface area (Å²) in [6.07, 6.45) is 1.61. The SMILES string of the molecule is COCCn1cnc2c1c(=O)n(Cc1ccccc1)c(=O)n2CC(C)C. The summed E-state index contributed by atoms with van der Waals surface area (Å²) in [5.41, 5.74) is 1.15. The third kappa shape index (κ3) is 3.48. The molecule has 0 N–H and O–H groups in total. The maximum absolute atomic E-state index is 13.1. The Morgan fingerprint density at radius 2 is 1.85 bits per heavy atom. The molecule has 2 heterocycles. The summed E-state index contributed by atoms with van der Waals surface area (Å²) in [6, 6.07) is 9.52. The molecule has 0 atom stereocenters. The van der Waals surface area contributed by atoms with Gasteiger partial charge in [-0.05, 0) is 11.5 Å². The summed E-state index contributed by atoms with van der Waals surface area (Å²) in [5, 5.41) is 0. The highest BCUT2D eigenvalue weighted by atomic mass is 16.5. The third-order valence-electron chi connectivity index (χ3n) is 4.25. The molecule has 0 fully saturated rings. The number of hydrogen-bond acceptors (Lipinski definition) is 4. The van der Waals surface area contributed by atoms with Gasteiger partial charge in [0.25, 0.3) is 5.56 Å². The van der Waals surface area contributed by atoms with Crippen LogP contribution in [0.15, 0.2) is 46.2 Å². The predicted octanol–water partition coefficient (Wildman–Crippen LogP) is 1.71. The van der Waals surface area contributed by atoms with E-state index in [0.717, 1.165) is 5.56 Å². The van der Waals surface area contributed by atoms with E-state index in [1.165, 1.54) is 4.57 Å². The molecule has 0 saturated carbocycles. The Balaban J connectivity index is 2.22. The van der Waals surface area contributed by atoms with Gasteiger partial charge >= 0.3 is 5.69 Å². The molecule has 0 aliphatic heterocycles. The fraction of sp³-hybridized carbons (Fsp3) is 0.421. The van der Waals surface area contributed by atoms with Crippen LogP contribution in [0, 0.1) is 5.92 Å². The number of methoxy groups -OCH3 is 1. The smallest absolute Gasteiger partial charge is 0.333 e. The lowest BCUT2D eigenvalue weighted by Gasteiger charge is -2.14. The third-order valence-corrected chi connectivity index (χ3v) is 4.25. The van der Waals surface area contributed by atoms with Crippen LogP contribution in [0.2, 0.25) is 0 Å². The Bertz CT molecular complexity index is 999. The van der Waals surface area contributed by atoms with Gasteiger partial charge in [-0.15, -0.1) is 0 Å². The van der Waals surface area contributed by atoms with Gasteiger partial charge in [0.2, 0.25) is 0 Å². The maximum atomic E-state index is 13.1. The fourth-order valence-corrected chi connectivity index (χ4v) is 3.03. The van der Waals surface area contributed by atoms with Crippen molar-refractivity contribution in [3.05, 3.63) is 63.1 Å². The molecule has 0 bridgehead atoms. The second-order valence-corrected chi connectivity index (χ2v) is 6.77. The first-order valence-electron chi connectivity index (χ1n) is 8.74. The lowest BCUT2D eigenvalue weighted by Crippen LogP contribution is -2.41. The normalized spacial score (nSPS) is 11.5. The van der Waals surface area contributed by atoms with Crippen molar-refractivity contribution >= 4 is 11.2 Å². The Labute approximate surface area is 151 Å². The molecule has 7 heteroatoms. The lowest BCUT2D eigenvalue weighted by molar-refractivity contribution is 0.188. The predicted molar refractivity (Wildman–Crippen MR) is 101 cm³/mol. The van der Waals surface area contributed by atoms with Crippen molar-refractivity contribution in [1.29, 1.82) is 0 Å². The first-order chi connectivity index (χ1) is 12.5. The number of rotatable bonds is 7. The van der Waals surface area contributed by atoms with E-state index < -0.39 is 0 Å². The van der Waals surface area contributed by atoms with Crippen molar-refractivity contribution in [1.82, 2.24) is 18.7 Å². The van der Waals surface area contributed by atoms with E-state index in [9.17, 15) is 9.59 Å². The molecule has 0 aliphatic carbocycles. The Hall–Kier alpha value is -2.67. The minimum Gasteiger partial charge on any atom is -0.383 e. The minimum atomic E-state index is -0.322. The van der Waals surface area contributed by atoms with Crippen LogP contribution in [-0.4, -0.2) is 32.4 Å². The van der Waals surface area contributed by atoms with Gasteiger partial charge in [-0.1, -0.05) is 44.2 Å². The monoisotopic (exact) mass is 356 g/mol. The van der Waals surface area contributed by atoms with Gasteiger partial charge in [-0.2, -0.15) is 0 Å². The molecule has 138 valence electrons. The zero-order valence-electron chi connectivity index (χ0n) is 15.4. The van der Waals surface area contributed by atoms with Gasteiger partial charge < -0.3 is 9.30 Å². The van der Waals surface area contributed by atoms with Crippen molar-refractivity contribution in [2.75, 3.05) is 13.7 Å². The van der Waals surface area contributed by atoms with Gasteiger partial charge in [0, 0.05) is 20.2 Å². The Morgan fingerprint density at radius 1 is 1.12 bits per heavy atom. The van der Waals surface area contributed by atoms with Crippen LogP contribution in [0.4, 0.5) is 0 Å². The van der Waals surface area contributed by atoms with E-state index >= 15 is 0 Å². The van der Waals surface area contributed by atoms with E-state index in [2.05, 4.69) is 4.98 Å². The highest BCUT2D eigenvalue weighted by molar-refractivity contribution is 5.70. The second kappa shape index (κ2) is 7.70. The van der Waals surface area contributed by atoms with Crippen LogP contribution < -0.4 is 11.2 Å². The number of nitrogens with zero attached hydrogens (tertiary/aromatic N) is 4. The molecule has 0 amide bonds. The minimum absolute atomic E-state index is 0.238. The van der Waals surface area contributed by atoms with E-state index in [1.54, 1.807) is 22.6 Å². The lowest BCUT2D eigenvalue weighted by atomic mass is 10.2. The van der Waals surface area contributed by atoms with Crippen LogP contribution in [0.1, 0.15) is 19.4 Å². The Kier molecular flexibility index (Phi) is 5.37. The van der Waals surface area contributed by atoms with Gasteiger partial charge in [0.15, 0.2) is 11.2 Å². The van der Waals surface area contributed by atoms with Crippen LogP contribution in [-0.2, 0) is 24.4 Å². The van der Waals surface area contributed by atoms with Gasteiger partial charge in [0.05, 0.1) is 19.5 Å². The summed E-state index contributed by atoms with van der Waals surface area (Å²) >= 11 is 0. The number of hydrogen-bond donors (Lipinski definition) is 0. The van der Waals surface area contributed by atoms with Crippen molar-refractivity contribution in [2.45, 2.75) is 33.5 Å². The first-order valence-corrected chi connectivity index (χ1v) is 8.74. The molecule has 0 spiro atoms. The summed E-state index contributed by atoms with van der Waals surface area (Å²) in [4.78, 5) is 30.5. The highest BCUT2D eigenvalue weighted by Gasteiger charge is 2.18. The van der Waals surface area contributed by atoms with Crippen LogP contribution in [0.5, 0.6) is 0 Å². The molecule has 0 aliphatic rings. The Morgan fingerprint density at radius 3 is 2.50 bits per heavy atom. The zero-order chi connectivity index (χ0) is 18.7. The fourth-order valence-electron chi connectivity index (χ4n) is 3.03. The van der Waals surface area contributed by atoms with E-state index in [4.69, 9.17) is 4.74 Å². The number of aromatic nitrogens is 4. The molecule has 0 unspecified atom stereocenters. The molecule has 2 aromatic heterocycles. The zero-order valence-corrected chi connectivity index (χ0v) is 15.4. The molecule has 3 rings (SSSR count). The summed E-state index contributed by atoms with van der Waals surface area (Å²) in [7, 11) is 1.61. The summed E-state index contributed by atoms with van der Waals surface area (Å²) < 4.78 is 9.79. The highest BCUT2D eigenvalue weighted by Crippen LogP contribution is 2.10. The van der Waals surface area contributed by atoms with Gasteiger partial charge in [-0.3, -0.25) is 13.9 Å². The van der Waals surface area contributed by atoms with Crippen molar-refractivity contribution in [2.24, 2.45) is 5.92 Å². The molecule has 26 heavy (non-hydrogen) atoms. The summed E-state index contributed by atoms with van der Waals surface area (Å²) in [5.74, 6) is 0.253. The number of ether oxygens (including phenoxy) is 1. The average molecular weight is 356 g/mol. The van der Waals surface area contributed by atoms with Gasteiger partial charge in [-0.25, -0.2) is 9.78 Å². The molecule has 1 aromatic carbocycles. The van der Waals surface area contributed by atoms with Crippen molar-refractivity contribution < 1.29 is 4.74 Å². The number of fused-ring (bicyclic) bond motifs is 1. The van der Waals surface area contributed by atoms with Gasteiger partial charge in [0.1, 0.15) is 0 Å². The quantitative estimate of drug-likeness (QED) is 0.646. The molecular weight excluding hydrogens is 332 g/mol. The molecule has 7 nitrogen and oxygen atoms in total. The topological polar surface area (TPSA) is 71.1 Å². The second-order valence-electron chi connectivity index (χ2n) is 6.77. The van der Waals surface area contributed by atoms with Crippen molar-refractivity contribution in [3.8, 4) is 0 Å². The number of benzene rings is 1. The van der Waals surface area contributed by atoms with Crippen LogP contribution in [0.25, 0.3) is 11.2 Å². The molecule has 0 radical (unpaired) electrons. The molecule has 3 aromatic rings. The van der Waals surface area contributed by atoms with Crippen molar-refractivity contribution in [3.63, 3.8) is 0 Å².